The monoisotopic (exact) mass is 442 g/mol. The van der Waals surface area contributed by atoms with E-state index < -0.39 is 11.2 Å². The van der Waals surface area contributed by atoms with Crippen molar-refractivity contribution in [2.24, 2.45) is 52.3 Å². The lowest BCUT2D eigenvalue weighted by atomic mass is 9.44. The van der Waals surface area contributed by atoms with Gasteiger partial charge < -0.3 is 9.47 Å². The SMILES string of the molecule is C[C@@H]1CC[C@@]2(OC1)O[C@H]1C[C@H]3[C@@H]4CC(=O)C5CC(=O)CC[C@]5(C)[C@H]4CC(=O)[C@]3(C)[C@H]1[C@@H]2C. The number of carbonyl (C=O) groups is 3. The molecule has 5 heteroatoms. The van der Waals surface area contributed by atoms with Crippen LogP contribution in [0.4, 0.5) is 0 Å². The van der Waals surface area contributed by atoms with Crippen LogP contribution in [0.2, 0.25) is 0 Å². The molecule has 6 fully saturated rings. The molecular weight excluding hydrogens is 404 g/mol. The van der Waals surface area contributed by atoms with Crippen molar-refractivity contribution < 1.29 is 23.9 Å². The molecular formula is C27H38O5. The molecule has 0 amide bonds. The predicted molar refractivity (Wildman–Crippen MR) is 118 cm³/mol. The highest BCUT2D eigenvalue weighted by molar-refractivity contribution is 5.93. The third-order valence-electron chi connectivity index (χ3n) is 11.4. The summed E-state index contributed by atoms with van der Waals surface area (Å²) in [5.41, 5.74) is -0.645. The van der Waals surface area contributed by atoms with Gasteiger partial charge in [0, 0.05) is 55.3 Å². The lowest BCUT2D eigenvalue weighted by Crippen LogP contribution is -2.60. The summed E-state index contributed by atoms with van der Waals surface area (Å²) in [5.74, 6) is 1.72. The number of hydrogen-bond acceptors (Lipinski definition) is 5. The quantitative estimate of drug-likeness (QED) is 0.557. The molecule has 0 aromatic rings. The molecule has 0 bridgehead atoms. The molecule has 2 aliphatic heterocycles. The van der Waals surface area contributed by atoms with Gasteiger partial charge in [0.1, 0.15) is 17.3 Å². The first-order valence-electron chi connectivity index (χ1n) is 13.0. The smallest absolute Gasteiger partial charge is 0.171 e. The Kier molecular flexibility index (Phi) is 4.53. The van der Waals surface area contributed by atoms with Crippen molar-refractivity contribution in [1.82, 2.24) is 0 Å². The minimum atomic E-state index is -0.532. The van der Waals surface area contributed by atoms with Crippen LogP contribution < -0.4 is 0 Å². The fourth-order valence-corrected chi connectivity index (χ4v) is 9.53. The molecule has 2 saturated heterocycles. The predicted octanol–water partition coefficient (Wildman–Crippen LogP) is 4.36. The number of carbonyl (C=O) groups excluding carboxylic acids is 3. The lowest BCUT2D eigenvalue weighted by molar-refractivity contribution is -0.272. The Morgan fingerprint density at radius 3 is 2.47 bits per heavy atom. The van der Waals surface area contributed by atoms with Crippen molar-refractivity contribution in [3.63, 3.8) is 0 Å². The van der Waals surface area contributed by atoms with Crippen molar-refractivity contribution >= 4 is 17.3 Å². The lowest BCUT2D eigenvalue weighted by Gasteiger charge is -2.59. The van der Waals surface area contributed by atoms with E-state index >= 15 is 0 Å². The van der Waals surface area contributed by atoms with Crippen LogP contribution in [0.3, 0.4) is 0 Å². The molecule has 5 nitrogen and oxygen atoms in total. The highest BCUT2D eigenvalue weighted by Crippen LogP contribution is 2.69. The Labute approximate surface area is 191 Å². The summed E-state index contributed by atoms with van der Waals surface area (Å²) in [6, 6.07) is 0. The summed E-state index contributed by atoms with van der Waals surface area (Å²) < 4.78 is 13.1. The van der Waals surface area contributed by atoms with Gasteiger partial charge in [-0.25, -0.2) is 0 Å². The van der Waals surface area contributed by atoms with Crippen LogP contribution in [0.15, 0.2) is 0 Å². The molecule has 4 saturated carbocycles. The molecule has 0 aromatic carbocycles. The van der Waals surface area contributed by atoms with Gasteiger partial charge in [0.2, 0.25) is 0 Å². The maximum Gasteiger partial charge on any atom is 0.171 e. The van der Waals surface area contributed by atoms with E-state index in [2.05, 4.69) is 27.7 Å². The average molecular weight is 443 g/mol. The van der Waals surface area contributed by atoms with Crippen LogP contribution in [0.1, 0.15) is 79.1 Å². The molecule has 1 spiro atoms. The van der Waals surface area contributed by atoms with E-state index in [0.29, 0.717) is 37.4 Å². The summed E-state index contributed by atoms with van der Waals surface area (Å²) in [6.45, 7) is 9.59. The first-order valence-corrected chi connectivity index (χ1v) is 13.0. The maximum absolute atomic E-state index is 14.0. The van der Waals surface area contributed by atoms with Crippen LogP contribution in [-0.2, 0) is 23.9 Å². The van der Waals surface area contributed by atoms with Crippen molar-refractivity contribution in [3.05, 3.63) is 0 Å². The maximum atomic E-state index is 14.0. The summed E-state index contributed by atoms with van der Waals surface area (Å²) in [5, 5.41) is 0. The first-order chi connectivity index (χ1) is 15.1. The zero-order chi connectivity index (χ0) is 22.6. The summed E-state index contributed by atoms with van der Waals surface area (Å²) >= 11 is 0. The molecule has 0 aromatic heterocycles. The van der Waals surface area contributed by atoms with E-state index in [9.17, 15) is 14.4 Å². The number of ketones is 3. The van der Waals surface area contributed by atoms with Crippen molar-refractivity contribution in [2.45, 2.75) is 91.0 Å². The molecule has 2 heterocycles. The van der Waals surface area contributed by atoms with Crippen LogP contribution in [-0.4, -0.2) is 35.8 Å². The molecule has 0 radical (unpaired) electrons. The van der Waals surface area contributed by atoms with E-state index in [0.717, 1.165) is 32.3 Å². The van der Waals surface area contributed by atoms with Crippen molar-refractivity contribution in [3.8, 4) is 0 Å². The molecule has 6 rings (SSSR count). The standard InChI is InChI=1S/C27H38O5/c1-14-5-8-27(31-13-14)15(2)24-22(32-27)11-19-17-10-21(29)20-9-16(28)6-7-25(20,3)18(17)12-23(30)26(19,24)4/h14-15,17-20,22,24H,5-13H2,1-4H3/t14-,15+,17-,18+,19+,20?,22+,24+,25-,26-,27-/m1/s1. The molecule has 176 valence electrons. The third kappa shape index (κ3) is 2.56. The zero-order valence-electron chi connectivity index (χ0n) is 20.0. The topological polar surface area (TPSA) is 69.7 Å². The highest BCUT2D eigenvalue weighted by Gasteiger charge is 2.72. The number of rotatable bonds is 0. The first kappa shape index (κ1) is 21.5. The number of hydrogen-bond donors (Lipinski definition) is 0. The third-order valence-corrected chi connectivity index (χ3v) is 11.4. The van der Waals surface area contributed by atoms with Gasteiger partial charge in [-0.3, -0.25) is 14.4 Å². The minimum Gasteiger partial charge on any atom is -0.349 e. The molecule has 4 aliphatic carbocycles. The van der Waals surface area contributed by atoms with Gasteiger partial charge in [-0.15, -0.1) is 0 Å². The van der Waals surface area contributed by atoms with Crippen LogP contribution in [0, 0.1) is 52.3 Å². The Morgan fingerprint density at radius 2 is 1.75 bits per heavy atom. The van der Waals surface area contributed by atoms with Crippen LogP contribution >= 0.6 is 0 Å². The van der Waals surface area contributed by atoms with Gasteiger partial charge in [0.05, 0.1) is 12.7 Å². The van der Waals surface area contributed by atoms with E-state index in [-0.39, 0.29) is 58.6 Å². The molecule has 0 N–H and O–H groups in total. The molecule has 6 aliphatic rings. The van der Waals surface area contributed by atoms with Crippen molar-refractivity contribution in [2.75, 3.05) is 6.61 Å². The van der Waals surface area contributed by atoms with Gasteiger partial charge in [-0.05, 0) is 48.3 Å². The number of Topliss-reactive ketones (excluding diaryl/α,β-unsaturated/α-hetero) is 3. The highest BCUT2D eigenvalue weighted by atomic mass is 16.7. The molecule has 1 unspecified atom stereocenters. The van der Waals surface area contributed by atoms with E-state index in [1.165, 1.54) is 0 Å². The Bertz CT molecular complexity index is 871. The minimum absolute atomic E-state index is 0.0460. The van der Waals surface area contributed by atoms with E-state index in [1.807, 2.05) is 0 Å². The van der Waals surface area contributed by atoms with E-state index in [1.54, 1.807) is 0 Å². The van der Waals surface area contributed by atoms with Crippen molar-refractivity contribution in [1.29, 1.82) is 0 Å². The Balaban J connectivity index is 1.33. The van der Waals surface area contributed by atoms with Gasteiger partial charge in [-0.2, -0.15) is 0 Å². The normalized spacial score (nSPS) is 57.2. The Hall–Kier alpha value is -1.07. The van der Waals surface area contributed by atoms with Gasteiger partial charge in [0.15, 0.2) is 5.79 Å². The largest absolute Gasteiger partial charge is 0.349 e. The van der Waals surface area contributed by atoms with Crippen LogP contribution in [0.25, 0.3) is 0 Å². The fraction of sp³-hybridized carbons (Fsp3) is 0.889. The van der Waals surface area contributed by atoms with Gasteiger partial charge in [0.25, 0.3) is 0 Å². The molecule has 32 heavy (non-hydrogen) atoms. The van der Waals surface area contributed by atoms with Crippen LogP contribution in [0.5, 0.6) is 0 Å². The van der Waals surface area contributed by atoms with Gasteiger partial charge in [-0.1, -0.05) is 27.7 Å². The average Bonchev–Trinajstić information content (AvgIpc) is 3.19. The second-order valence-electron chi connectivity index (χ2n) is 12.7. The number of fused-ring (bicyclic) bond motifs is 7. The summed E-state index contributed by atoms with van der Waals surface area (Å²) in [7, 11) is 0. The Morgan fingerprint density at radius 1 is 0.969 bits per heavy atom. The zero-order valence-corrected chi connectivity index (χ0v) is 20.0. The van der Waals surface area contributed by atoms with E-state index in [4.69, 9.17) is 9.47 Å². The summed E-state index contributed by atoms with van der Waals surface area (Å²) in [6.07, 6.45) is 5.74. The number of ether oxygens (including phenoxy) is 2. The molecule has 11 atom stereocenters. The second-order valence-corrected chi connectivity index (χ2v) is 12.7. The summed E-state index contributed by atoms with van der Waals surface area (Å²) in [4.78, 5) is 39.4. The van der Waals surface area contributed by atoms with Gasteiger partial charge >= 0.3 is 0 Å². The fourth-order valence-electron chi connectivity index (χ4n) is 9.53. The second kappa shape index (κ2) is 6.75.